The molecule has 0 aromatic heterocycles. The molecule has 5 nitrogen and oxygen atoms in total. The van der Waals surface area contributed by atoms with Gasteiger partial charge in [-0.05, 0) is 18.2 Å². The molecule has 0 saturated heterocycles. The van der Waals surface area contributed by atoms with Crippen molar-refractivity contribution >= 4 is 11.7 Å². The molecule has 0 aliphatic heterocycles. The maximum Gasteiger partial charge on any atom is 0.335 e. The highest BCUT2D eigenvalue weighted by atomic mass is 19.1. The average Bonchev–Trinajstić information content (AvgIpc) is 2.27. The van der Waals surface area contributed by atoms with E-state index in [0.29, 0.717) is 0 Å². The predicted octanol–water partition coefficient (Wildman–Crippen LogP) is 0.289. The molecule has 0 radical (unpaired) electrons. The Hall–Kier alpha value is -1.66. The Balaban J connectivity index is 2.86. The number of carboxylic acids is 1. The Morgan fingerprint density at radius 2 is 2.00 bits per heavy atom. The molecular formula is C10H12FNO4. The lowest BCUT2D eigenvalue weighted by atomic mass is 10.2. The van der Waals surface area contributed by atoms with Crippen molar-refractivity contribution in [3.05, 3.63) is 29.6 Å². The van der Waals surface area contributed by atoms with E-state index in [9.17, 15) is 9.18 Å². The van der Waals surface area contributed by atoms with Gasteiger partial charge in [0.1, 0.15) is 5.82 Å². The Bertz CT molecular complexity index is 379. The van der Waals surface area contributed by atoms with Crippen LogP contribution in [0.2, 0.25) is 0 Å². The summed E-state index contributed by atoms with van der Waals surface area (Å²) in [6.45, 7) is -0.701. The fourth-order valence-electron chi connectivity index (χ4n) is 1.13. The van der Waals surface area contributed by atoms with E-state index in [2.05, 4.69) is 5.32 Å². The first-order valence-electron chi connectivity index (χ1n) is 4.59. The molecule has 1 aromatic rings. The summed E-state index contributed by atoms with van der Waals surface area (Å²) in [5.74, 6) is -1.96. The molecule has 0 aliphatic rings. The van der Waals surface area contributed by atoms with Gasteiger partial charge in [-0.3, -0.25) is 0 Å². The number of aromatic carboxylic acids is 1. The van der Waals surface area contributed by atoms with Crippen LogP contribution in [0.3, 0.4) is 0 Å². The number of carbonyl (C=O) groups is 1. The van der Waals surface area contributed by atoms with E-state index in [1.165, 1.54) is 12.1 Å². The minimum absolute atomic E-state index is 0.0399. The van der Waals surface area contributed by atoms with Gasteiger partial charge in [-0.25, -0.2) is 9.18 Å². The van der Waals surface area contributed by atoms with Crippen LogP contribution < -0.4 is 5.32 Å². The van der Waals surface area contributed by atoms with Crippen molar-refractivity contribution in [3.8, 4) is 0 Å². The molecule has 16 heavy (non-hydrogen) atoms. The highest BCUT2D eigenvalue weighted by Crippen LogP contribution is 2.16. The minimum Gasteiger partial charge on any atom is -0.478 e. The van der Waals surface area contributed by atoms with E-state index in [-0.39, 0.29) is 24.5 Å². The number of benzene rings is 1. The van der Waals surface area contributed by atoms with Crippen molar-refractivity contribution < 1.29 is 24.5 Å². The Kier molecular flexibility index (Phi) is 4.21. The third-order valence-electron chi connectivity index (χ3n) is 2.02. The van der Waals surface area contributed by atoms with E-state index >= 15 is 0 Å². The molecule has 0 amide bonds. The van der Waals surface area contributed by atoms with Crippen molar-refractivity contribution in [3.63, 3.8) is 0 Å². The van der Waals surface area contributed by atoms with Gasteiger partial charge in [0.2, 0.25) is 0 Å². The molecule has 0 aliphatic carbocycles. The molecule has 6 heteroatoms. The number of aliphatic hydroxyl groups is 2. The van der Waals surface area contributed by atoms with Crippen LogP contribution in [0.15, 0.2) is 18.2 Å². The molecule has 0 bridgehead atoms. The van der Waals surface area contributed by atoms with Gasteiger partial charge >= 0.3 is 5.97 Å². The molecule has 1 aromatic carbocycles. The largest absolute Gasteiger partial charge is 0.478 e. The molecule has 1 rings (SSSR count). The molecule has 88 valence electrons. The molecule has 0 saturated carbocycles. The fourth-order valence-corrected chi connectivity index (χ4v) is 1.13. The third-order valence-corrected chi connectivity index (χ3v) is 2.02. The van der Waals surface area contributed by atoms with Crippen LogP contribution in [0.1, 0.15) is 10.4 Å². The number of aliphatic hydroxyl groups excluding tert-OH is 2. The fraction of sp³-hybridized carbons (Fsp3) is 0.300. The van der Waals surface area contributed by atoms with Crippen molar-refractivity contribution in [2.75, 3.05) is 18.5 Å². The predicted molar refractivity (Wildman–Crippen MR) is 54.9 cm³/mol. The van der Waals surface area contributed by atoms with Crippen LogP contribution in [0.25, 0.3) is 0 Å². The molecule has 0 heterocycles. The van der Waals surface area contributed by atoms with Gasteiger partial charge in [0.25, 0.3) is 0 Å². The van der Waals surface area contributed by atoms with Gasteiger partial charge in [-0.15, -0.1) is 0 Å². The van der Waals surface area contributed by atoms with Gasteiger partial charge in [-0.2, -0.15) is 0 Å². The summed E-state index contributed by atoms with van der Waals surface area (Å²) in [6.07, 6.45) is 0. The number of halogens is 1. The van der Waals surface area contributed by atoms with Crippen molar-refractivity contribution in [1.29, 1.82) is 0 Å². The summed E-state index contributed by atoms with van der Waals surface area (Å²) in [5, 5.41) is 28.7. The summed E-state index contributed by atoms with van der Waals surface area (Å²) < 4.78 is 13.4. The van der Waals surface area contributed by atoms with E-state index in [4.69, 9.17) is 15.3 Å². The summed E-state index contributed by atoms with van der Waals surface area (Å²) in [7, 11) is 0. The SMILES string of the molecule is O=C(O)c1ccc(NC(CO)CO)c(F)c1. The average molecular weight is 229 g/mol. The summed E-state index contributed by atoms with van der Waals surface area (Å²) in [4.78, 5) is 10.5. The first kappa shape index (κ1) is 12.4. The van der Waals surface area contributed by atoms with Gasteiger partial charge < -0.3 is 20.6 Å². The second-order valence-electron chi connectivity index (χ2n) is 3.21. The topological polar surface area (TPSA) is 89.8 Å². The molecule has 0 atom stereocenters. The number of carboxylic acid groups (broad SMARTS) is 1. The number of rotatable bonds is 5. The van der Waals surface area contributed by atoms with E-state index in [1.807, 2.05) is 0 Å². The van der Waals surface area contributed by atoms with Crippen LogP contribution in [0.4, 0.5) is 10.1 Å². The molecule has 4 N–H and O–H groups in total. The van der Waals surface area contributed by atoms with Crippen LogP contribution in [-0.2, 0) is 0 Å². The highest BCUT2D eigenvalue weighted by molar-refractivity contribution is 5.88. The van der Waals surface area contributed by atoms with Crippen LogP contribution >= 0.6 is 0 Å². The normalized spacial score (nSPS) is 10.5. The maximum atomic E-state index is 13.4. The molecular weight excluding hydrogens is 217 g/mol. The Labute approximate surface area is 91.2 Å². The number of hydrogen-bond acceptors (Lipinski definition) is 4. The smallest absolute Gasteiger partial charge is 0.335 e. The lowest BCUT2D eigenvalue weighted by Crippen LogP contribution is -2.28. The summed E-state index contributed by atoms with van der Waals surface area (Å²) in [6, 6.07) is 2.68. The van der Waals surface area contributed by atoms with E-state index < -0.39 is 17.8 Å². The Morgan fingerprint density at radius 3 is 2.44 bits per heavy atom. The van der Waals surface area contributed by atoms with Crippen LogP contribution in [0.5, 0.6) is 0 Å². The first-order chi connectivity index (χ1) is 7.58. The summed E-state index contributed by atoms with van der Waals surface area (Å²) in [5.41, 5.74) is -0.120. The van der Waals surface area contributed by atoms with Crippen molar-refractivity contribution in [1.82, 2.24) is 0 Å². The second-order valence-corrected chi connectivity index (χ2v) is 3.21. The van der Waals surface area contributed by atoms with Gasteiger partial charge in [0.15, 0.2) is 0 Å². The molecule has 0 unspecified atom stereocenters. The minimum atomic E-state index is -1.22. The standard InChI is InChI=1S/C10H12FNO4/c11-8-3-6(10(15)16)1-2-9(8)12-7(4-13)5-14/h1-3,7,12-14H,4-5H2,(H,15,16). The first-order valence-corrected chi connectivity index (χ1v) is 4.59. The van der Waals surface area contributed by atoms with Crippen LogP contribution in [-0.4, -0.2) is 40.5 Å². The van der Waals surface area contributed by atoms with Gasteiger partial charge in [0.05, 0.1) is 30.5 Å². The van der Waals surface area contributed by atoms with Gasteiger partial charge in [0, 0.05) is 0 Å². The maximum absolute atomic E-state index is 13.4. The lowest BCUT2D eigenvalue weighted by molar-refractivity contribution is 0.0696. The number of hydrogen-bond donors (Lipinski definition) is 4. The Morgan fingerprint density at radius 1 is 1.38 bits per heavy atom. The van der Waals surface area contributed by atoms with Crippen molar-refractivity contribution in [2.24, 2.45) is 0 Å². The monoisotopic (exact) mass is 229 g/mol. The molecule has 0 fully saturated rings. The second kappa shape index (κ2) is 5.43. The zero-order valence-electron chi connectivity index (χ0n) is 8.35. The zero-order valence-corrected chi connectivity index (χ0v) is 8.35. The number of nitrogens with one attached hydrogen (secondary N) is 1. The van der Waals surface area contributed by atoms with Crippen molar-refractivity contribution in [2.45, 2.75) is 6.04 Å². The lowest BCUT2D eigenvalue weighted by Gasteiger charge is -2.15. The van der Waals surface area contributed by atoms with Gasteiger partial charge in [-0.1, -0.05) is 0 Å². The highest BCUT2D eigenvalue weighted by Gasteiger charge is 2.11. The van der Waals surface area contributed by atoms with Crippen LogP contribution in [0, 0.1) is 5.82 Å². The van der Waals surface area contributed by atoms with E-state index in [1.54, 1.807) is 0 Å². The molecule has 0 spiro atoms. The summed E-state index contributed by atoms with van der Waals surface area (Å²) >= 11 is 0. The zero-order chi connectivity index (χ0) is 12.1. The number of anilines is 1. The quantitative estimate of drug-likeness (QED) is 0.582. The van der Waals surface area contributed by atoms with E-state index in [0.717, 1.165) is 6.07 Å². The third kappa shape index (κ3) is 2.91.